The van der Waals surface area contributed by atoms with Crippen molar-refractivity contribution in [2.45, 2.75) is 184 Å². The first-order valence-electron chi connectivity index (χ1n) is 20.8. The Kier molecular flexibility index (Phi) is 16.9. The third-order valence-corrected chi connectivity index (χ3v) is 13.6. The molecule has 332 valence electrons. The molecule has 14 nitrogen and oxygen atoms in total. The topological polar surface area (TPSA) is 189 Å². The van der Waals surface area contributed by atoms with Gasteiger partial charge in [-0.2, -0.15) is 0 Å². The number of ether oxygens (including phenoxy) is 6. The Balaban J connectivity index is 1.89. The standard InChI is InChI=1S/C43H72N2O12S/c1-14-31-43(10,51)36(47)25(4)33(44-58-29-18-16-15-17-19-29)23(2)21-41(8,50)38(57-40-34(46)30(45(11)12)20-24(3)53-40)26(5)35(27(6)39(49)55-31)56-32-22-42(9,52-13)37(48)28(7)54-32/h15-19,23-28,30-32,34-38,40,46-48,50-51H,14,20-22H2,1-13H3/t23-,24-,25+,26+,27-,28+,30+,31-,32?,34-,35+,36-,37+,38-,40+,41+,42-,43-/m1/s1. The monoisotopic (exact) mass is 840 g/mol. The molecule has 15 heteroatoms. The minimum absolute atomic E-state index is 0.0541. The van der Waals surface area contributed by atoms with Gasteiger partial charge in [0.1, 0.15) is 23.9 Å². The van der Waals surface area contributed by atoms with E-state index in [1.54, 1.807) is 41.5 Å². The fraction of sp³-hybridized carbons (Fsp3) is 0.814. The first-order valence-corrected chi connectivity index (χ1v) is 21.6. The number of carbonyl (C=O) groups is 1. The van der Waals surface area contributed by atoms with E-state index in [2.05, 4.69) is 0 Å². The number of nitrogens with zero attached hydrogens (tertiary/aromatic N) is 2. The van der Waals surface area contributed by atoms with Crippen LogP contribution in [0.4, 0.5) is 0 Å². The maximum absolute atomic E-state index is 14.4. The number of carbonyl (C=O) groups excluding carboxylic acids is 1. The second-order valence-electron chi connectivity index (χ2n) is 18.0. The van der Waals surface area contributed by atoms with Crippen LogP contribution in [0.25, 0.3) is 0 Å². The van der Waals surface area contributed by atoms with Crippen LogP contribution in [-0.4, -0.2) is 148 Å². The van der Waals surface area contributed by atoms with Crippen LogP contribution >= 0.6 is 11.9 Å². The lowest BCUT2D eigenvalue weighted by atomic mass is 9.73. The molecule has 1 unspecified atom stereocenters. The fourth-order valence-electron chi connectivity index (χ4n) is 9.18. The summed E-state index contributed by atoms with van der Waals surface area (Å²) in [5.41, 5.74) is -4.14. The van der Waals surface area contributed by atoms with E-state index in [1.165, 1.54) is 26.0 Å². The summed E-state index contributed by atoms with van der Waals surface area (Å²) in [6, 6.07) is 9.23. The average Bonchev–Trinajstić information content (AvgIpc) is 3.16. The molecule has 3 aliphatic rings. The van der Waals surface area contributed by atoms with E-state index in [9.17, 15) is 30.3 Å². The number of aliphatic hydroxyl groups is 5. The van der Waals surface area contributed by atoms with Gasteiger partial charge < -0.3 is 58.9 Å². The van der Waals surface area contributed by atoms with Gasteiger partial charge >= 0.3 is 5.97 Å². The molecular weight excluding hydrogens is 769 g/mol. The summed E-state index contributed by atoms with van der Waals surface area (Å²) in [5.74, 6) is -3.81. The van der Waals surface area contributed by atoms with Crippen LogP contribution in [0.15, 0.2) is 39.6 Å². The van der Waals surface area contributed by atoms with Crippen LogP contribution in [0.5, 0.6) is 0 Å². The molecule has 0 aromatic heterocycles. The van der Waals surface area contributed by atoms with E-state index in [4.69, 9.17) is 32.8 Å². The lowest BCUT2D eigenvalue weighted by Gasteiger charge is -2.49. The zero-order chi connectivity index (χ0) is 43.5. The highest BCUT2D eigenvalue weighted by Gasteiger charge is 2.53. The van der Waals surface area contributed by atoms with Crippen molar-refractivity contribution >= 4 is 23.6 Å². The van der Waals surface area contributed by atoms with Gasteiger partial charge in [-0.25, -0.2) is 4.40 Å². The van der Waals surface area contributed by atoms with Crippen molar-refractivity contribution in [2.75, 3.05) is 21.2 Å². The molecule has 0 aliphatic carbocycles. The van der Waals surface area contributed by atoms with E-state index >= 15 is 0 Å². The lowest BCUT2D eigenvalue weighted by Crippen LogP contribution is -2.61. The van der Waals surface area contributed by atoms with Gasteiger partial charge in [0.15, 0.2) is 12.6 Å². The molecule has 3 saturated heterocycles. The molecule has 0 amide bonds. The molecule has 4 rings (SSSR count). The number of esters is 1. The minimum Gasteiger partial charge on any atom is -0.459 e. The van der Waals surface area contributed by atoms with Crippen molar-refractivity contribution in [2.24, 2.45) is 28.1 Å². The maximum Gasteiger partial charge on any atom is 0.311 e. The minimum atomic E-state index is -1.91. The molecule has 3 fully saturated rings. The summed E-state index contributed by atoms with van der Waals surface area (Å²) < 4.78 is 42.8. The molecule has 58 heavy (non-hydrogen) atoms. The van der Waals surface area contributed by atoms with Crippen molar-refractivity contribution in [1.82, 2.24) is 4.90 Å². The Bertz CT molecular complexity index is 1500. The predicted molar refractivity (Wildman–Crippen MR) is 221 cm³/mol. The number of hydrogen-bond donors (Lipinski definition) is 5. The van der Waals surface area contributed by atoms with E-state index in [0.717, 1.165) is 4.90 Å². The maximum atomic E-state index is 14.4. The first kappa shape index (κ1) is 48.9. The summed E-state index contributed by atoms with van der Waals surface area (Å²) in [6.45, 7) is 17.4. The molecule has 18 atom stereocenters. The van der Waals surface area contributed by atoms with Gasteiger partial charge in [0, 0.05) is 54.0 Å². The van der Waals surface area contributed by atoms with E-state index in [1.807, 2.05) is 70.1 Å². The van der Waals surface area contributed by atoms with E-state index in [0.29, 0.717) is 12.1 Å². The zero-order valence-electron chi connectivity index (χ0n) is 36.8. The number of rotatable bonds is 9. The molecule has 0 radical (unpaired) electrons. The number of methoxy groups -OCH3 is 1. The molecule has 3 aliphatic heterocycles. The van der Waals surface area contributed by atoms with Gasteiger partial charge in [-0.1, -0.05) is 45.9 Å². The SMILES string of the molecule is CC[C@H]1OC(=O)[C@H](C)[C@@H](OC2C[C@@](C)(OC)[C@@H](O)[C@H](C)O2)[C@H](C)[C@@H](O[C@@H]2O[C@H](C)C[C@H](N(C)C)[C@H]2O)[C@@](C)(O)C[C@@H](C)C(=NSc2ccccc2)[C@H](C)[C@@H](O)[C@]1(C)O. The van der Waals surface area contributed by atoms with Crippen LogP contribution in [-0.2, 0) is 33.2 Å². The highest BCUT2D eigenvalue weighted by molar-refractivity contribution is 7.98. The van der Waals surface area contributed by atoms with Gasteiger partial charge in [0.25, 0.3) is 0 Å². The summed E-state index contributed by atoms with van der Waals surface area (Å²) in [5, 5.41) is 59.5. The predicted octanol–water partition coefficient (Wildman–Crippen LogP) is 4.36. The van der Waals surface area contributed by atoms with E-state index < -0.39 is 102 Å². The lowest BCUT2D eigenvalue weighted by molar-refractivity contribution is -0.317. The van der Waals surface area contributed by atoms with Crippen molar-refractivity contribution in [3.05, 3.63) is 30.3 Å². The second-order valence-corrected chi connectivity index (χ2v) is 18.8. The van der Waals surface area contributed by atoms with Gasteiger partial charge in [0.2, 0.25) is 0 Å². The number of aliphatic hydroxyl groups excluding tert-OH is 3. The smallest absolute Gasteiger partial charge is 0.311 e. The molecule has 1 aromatic carbocycles. The molecule has 0 bridgehead atoms. The van der Waals surface area contributed by atoms with Crippen molar-refractivity contribution < 1.29 is 58.7 Å². The fourth-order valence-corrected chi connectivity index (χ4v) is 10.0. The third kappa shape index (κ3) is 11.0. The number of benzene rings is 1. The first-order chi connectivity index (χ1) is 27.0. The molecule has 3 heterocycles. The molecule has 5 N–H and O–H groups in total. The summed E-state index contributed by atoms with van der Waals surface area (Å²) in [6.07, 6.45) is -9.02. The Morgan fingerprint density at radius 3 is 2.14 bits per heavy atom. The van der Waals surface area contributed by atoms with Gasteiger partial charge in [-0.05, 0) is 93.0 Å². The van der Waals surface area contributed by atoms with Crippen LogP contribution in [0.1, 0.15) is 94.9 Å². The van der Waals surface area contributed by atoms with Crippen molar-refractivity contribution in [3.8, 4) is 0 Å². The Hall–Kier alpha value is -1.73. The van der Waals surface area contributed by atoms with Gasteiger partial charge in [0.05, 0.1) is 47.6 Å². The van der Waals surface area contributed by atoms with E-state index in [-0.39, 0.29) is 31.4 Å². The summed E-state index contributed by atoms with van der Waals surface area (Å²) in [4.78, 5) is 17.1. The second kappa shape index (κ2) is 20.0. The van der Waals surface area contributed by atoms with Crippen LogP contribution in [0, 0.1) is 23.7 Å². The quantitative estimate of drug-likeness (QED) is 0.174. The summed E-state index contributed by atoms with van der Waals surface area (Å²) >= 11 is 1.22. The normalized spacial score (nSPS) is 45.8. The van der Waals surface area contributed by atoms with Crippen LogP contribution in [0.2, 0.25) is 0 Å². The van der Waals surface area contributed by atoms with Crippen molar-refractivity contribution in [1.29, 1.82) is 0 Å². The van der Waals surface area contributed by atoms with Gasteiger partial charge in [-0.3, -0.25) is 4.79 Å². The highest BCUT2D eigenvalue weighted by Crippen LogP contribution is 2.41. The number of hydrogen-bond acceptors (Lipinski definition) is 15. The number of cyclic esters (lactones) is 1. The largest absolute Gasteiger partial charge is 0.459 e. The molecule has 0 saturated carbocycles. The molecule has 0 spiro atoms. The van der Waals surface area contributed by atoms with Crippen LogP contribution < -0.4 is 0 Å². The zero-order valence-corrected chi connectivity index (χ0v) is 37.6. The summed E-state index contributed by atoms with van der Waals surface area (Å²) in [7, 11) is 5.26. The third-order valence-electron chi connectivity index (χ3n) is 12.9. The average molecular weight is 841 g/mol. The van der Waals surface area contributed by atoms with Crippen molar-refractivity contribution in [3.63, 3.8) is 0 Å². The Labute approximate surface area is 350 Å². The van der Waals surface area contributed by atoms with Crippen LogP contribution in [0.3, 0.4) is 0 Å². The molecule has 1 aromatic rings. The Morgan fingerprint density at radius 1 is 0.914 bits per heavy atom. The van der Waals surface area contributed by atoms with Gasteiger partial charge in [-0.15, -0.1) is 0 Å². The number of likely N-dealkylation sites (N-methyl/N-ethyl adjacent to an activating group) is 1. The highest BCUT2D eigenvalue weighted by atomic mass is 32.2. The molecular formula is C43H72N2O12S. The Morgan fingerprint density at radius 2 is 1.55 bits per heavy atom.